The summed E-state index contributed by atoms with van der Waals surface area (Å²) in [7, 11) is 0. The largest absolute Gasteiger partial charge is 0.323 e. The fourth-order valence-corrected chi connectivity index (χ4v) is 2.24. The number of amides is 1. The van der Waals surface area contributed by atoms with E-state index >= 15 is 0 Å². The summed E-state index contributed by atoms with van der Waals surface area (Å²) in [5, 5.41) is 5.84. The number of halogens is 2. The minimum Gasteiger partial charge on any atom is -0.323 e. The third-order valence-electron chi connectivity index (χ3n) is 2.90. The van der Waals surface area contributed by atoms with E-state index in [1.807, 2.05) is 0 Å². The van der Waals surface area contributed by atoms with Gasteiger partial charge in [-0.25, -0.2) is 4.39 Å². The monoisotopic (exact) mass is 300 g/mol. The molecular formula is C12H14BrFN2O. The van der Waals surface area contributed by atoms with Gasteiger partial charge in [-0.1, -0.05) is 15.9 Å². The number of nitrogens with one attached hydrogen (secondary N) is 2. The van der Waals surface area contributed by atoms with Crippen molar-refractivity contribution < 1.29 is 9.18 Å². The van der Waals surface area contributed by atoms with Crippen LogP contribution in [0.1, 0.15) is 12.8 Å². The van der Waals surface area contributed by atoms with E-state index in [4.69, 9.17) is 0 Å². The second-order valence-electron chi connectivity index (χ2n) is 4.14. The third-order valence-corrected chi connectivity index (χ3v) is 3.39. The van der Waals surface area contributed by atoms with Crippen LogP contribution in [0.4, 0.5) is 10.1 Å². The fraction of sp³-hybridized carbons (Fsp3) is 0.417. The molecule has 0 aliphatic carbocycles. The Morgan fingerprint density at radius 3 is 2.76 bits per heavy atom. The van der Waals surface area contributed by atoms with Gasteiger partial charge >= 0.3 is 0 Å². The summed E-state index contributed by atoms with van der Waals surface area (Å²) in [6.07, 6.45) is 1.62. The highest BCUT2D eigenvalue weighted by Gasteiger charge is 2.21. The molecule has 1 amide bonds. The van der Waals surface area contributed by atoms with Gasteiger partial charge in [0.05, 0.1) is 5.69 Å². The molecule has 2 rings (SSSR count). The number of rotatable bonds is 2. The number of piperidine rings is 1. The summed E-state index contributed by atoms with van der Waals surface area (Å²) in [5.41, 5.74) is 0.247. The second-order valence-corrected chi connectivity index (χ2v) is 5.05. The first kappa shape index (κ1) is 12.5. The quantitative estimate of drug-likeness (QED) is 0.881. The molecule has 17 heavy (non-hydrogen) atoms. The zero-order valence-corrected chi connectivity index (χ0v) is 10.9. The van der Waals surface area contributed by atoms with E-state index in [2.05, 4.69) is 26.6 Å². The first-order chi connectivity index (χ1) is 8.16. The topological polar surface area (TPSA) is 41.1 Å². The smallest absolute Gasteiger partial charge is 0.227 e. The SMILES string of the molecule is O=C(Nc1ccc(Br)cc1F)C1CCNCC1. The van der Waals surface area contributed by atoms with Crippen molar-refractivity contribution in [1.29, 1.82) is 0 Å². The molecular weight excluding hydrogens is 287 g/mol. The van der Waals surface area contributed by atoms with Gasteiger partial charge in [-0.15, -0.1) is 0 Å². The fourth-order valence-electron chi connectivity index (χ4n) is 1.91. The van der Waals surface area contributed by atoms with Crippen molar-refractivity contribution in [2.75, 3.05) is 18.4 Å². The van der Waals surface area contributed by atoms with Crippen LogP contribution < -0.4 is 10.6 Å². The van der Waals surface area contributed by atoms with E-state index in [-0.39, 0.29) is 17.5 Å². The maximum absolute atomic E-state index is 13.5. The Kier molecular flexibility index (Phi) is 4.12. The van der Waals surface area contributed by atoms with Crippen molar-refractivity contribution in [3.05, 3.63) is 28.5 Å². The highest BCUT2D eigenvalue weighted by molar-refractivity contribution is 9.10. The predicted octanol–water partition coefficient (Wildman–Crippen LogP) is 2.53. The number of carbonyl (C=O) groups is 1. The van der Waals surface area contributed by atoms with Gasteiger partial charge in [-0.05, 0) is 44.1 Å². The molecule has 5 heteroatoms. The van der Waals surface area contributed by atoms with E-state index in [1.165, 1.54) is 6.07 Å². The molecule has 1 aliphatic rings. The molecule has 2 N–H and O–H groups in total. The molecule has 1 aliphatic heterocycles. The average Bonchev–Trinajstić information content (AvgIpc) is 2.34. The maximum atomic E-state index is 13.5. The van der Waals surface area contributed by atoms with Crippen molar-refractivity contribution in [2.24, 2.45) is 5.92 Å². The Labute approximate surface area is 108 Å². The summed E-state index contributed by atoms with van der Waals surface area (Å²) in [4.78, 5) is 11.9. The van der Waals surface area contributed by atoms with Crippen molar-refractivity contribution >= 4 is 27.5 Å². The van der Waals surface area contributed by atoms with E-state index < -0.39 is 5.82 Å². The average molecular weight is 301 g/mol. The number of benzene rings is 1. The molecule has 0 atom stereocenters. The van der Waals surface area contributed by atoms with E-state index in [1.54, 1.807) is 12.1 Å². The molecule has 0 unspecified atom stereocenters. The minimum atomic E-state index is -0.415. The van der Waals surface area contributed by atoms with Crippen LogP contribution in [0.3, 0.4) is 0 Å². The second kappa shape index (κ2) is 5.60. The van der Waals surface area contributed by atoms with Gasteiger partial charge in [0.1, 0.15) is 5.82 Å². The van der Waals surface area contributed by atoms with Gasteiger partial charge in [0, 0.05) is 10.4 Å². The maximum Gasteiger partial charge on any atom is 0.227 e. The molecule has 3 nitrogen and oxygen atoms in total. The number of anilines is 1. The molecule has 0 bridgehead atoms. The van der Waals surface area contributed by atoms with Gasteiger partial charge in [-0.2, -0.15) is 0 Å². The van der Waals surface area contributed by atoms with E-state index in [9.17, 15) is 9.18 Å². The van der Waals surface area contributed by atoms with Crippen molar-refractivity contribution in [3.63, 3.8) is 0 Å². The lowest BCUT2D eigenvalue weighted by atomic mass is 9.97. The molecule has 1 fully saturated rings. The van der Waals surface area contributed by atoms with Gasteiger partial charge in [0.15, 0.2) is 0 Å². The van der Waals surface area contributed by atoms with Crippen LogP contribution in [0.25, 0.3) is 0 Å². The Balaban J connectivity index is 2.02. The Morgan fingerprint density at radius 1 is 1.41 bits per heavy atom. The van der Waals surface area contributed by atoms with Crippen LogP contribution in [0.2, 0.25) is 0 Å². The molecule has 1 heterocycles. The number of hydrogen-bond donors (Lipinski definition) is 2. The zero-order valence-electron chi connectivity index (χ0n) is 9.30. The molecule has 0 radical (unpaired) electrons. The summed E-state index contributed by atoms with van der Waals surface area (Å²) in [5.74, 6) is -0.520. The van der Waals surface area contributed by atoms with Crippen LogP contribution in [-0.2, 0) is 4.79 Å². The molecule has 92 valence electrons. The summed E-state index contributed by atoms with van der Waals surface area (Å²) in [6.45, 7) is 1.70. The van der Waals surface area contributed by atoms with Crippen molar-refractivity contribution in [2.45, 2.75) is 12.8 Å². The lowest BCUT2D eigenvalue weighted by Crippen LogP contribution is -2.34. The lowest BCUT2D eigenvalue weighted by Gasteiger charge is -2.21. The number of carbonyl (C=O) groups excluding carboxylic acids is 1. The van der Waals surface area contributed by atoms with E-state index in [0.29, 0.717) is 4.47 Å². The standard InChI is InChI=1S/C12H14BrFN2O/c13-9-1-2-11(10(14)7-9)16-12(17)8-3-5-15-6-4-8/h1-2,7-8,15H,3-6H2,(H,16,17). The predicted molar refractivity (Wildman–Crippen MR) is 68.3 cm³/mol. The lowest BCUT2D eigenvalue weighted by molar-refractivity contribution is -0.120. The van der Waals surface area contributed by atoms with Crippen LogP contribution in [0.5, 0.6) is 0 Å². The molecule has 0 saturated carbocycles. The van der Waals surface area contributed by atoms with Gasteiger partial charge in [-0.3, -0.25) is 4.79 Å². The zero-order chi connectivity index (χ0) is 12.3. The minimum absolute atomic E-state index is 0.0145. The molecule has 0 aromatic heterocycles. The van der Waals surface area contributed by atoms with Crippen LogP contribution in [0.15, 0.2) is 22.7 Å². The Morgan fingerprint density at radius 2 is 2.12 bits per heavy atom. The normalized spacial score (nSPS) is 16.8. The first-order valence-electron chi connectivity index (χ1n) is 5.63. The highest BCUT2D eigenvalue weighted by Crippen LogP contribution is 2.21. The molecule has 1 saturated heterocycles. The van der Waals surface area contributed by atoms with Gasteiger partial charge in [0.25, 0.3) is 0 Å². The highest BCUT2D eigenvalue weighted by atomic mass is 79.9. The van der Waals surface area contributed by atoms with Crippen molar-refractivity contribution in [3.8, 4) is 0 Å². The molecule has 0 spiro atoms. The van der Waals surface area contributed by atoms with E-state index in [0.717, 1.165) is 25.9 Å². The molecule has 1 aromatic carbocycles. The van der Waals surface area contributed by atoms with Crippen molar-refractivity contribution in [1.82, 2.24) is 5.32 Å². The Hall–Kier alpha value is -0.940. The van der Waals surface area contributed by atoms with Gasteiger partial charge in [0.2, 0.25) is 5.91 Å². The van der Waals surface area contributed by atoms with Crippen LogP contribution >= 0.6 is 15.9 Å². The summed E-state index contributed by atoms with van der Waals surface area (Å²) >= 11 is 3.18. The Bertz CT molecular complexity index is 419. The first-order valence-corrected chi connectivity index (χ1v) is 6.43. The van der Waals surface area contributed by atoms with Crippen LogP contribution in [-0.4, -0.2) is 19.0 Å². The van der Waals surface area contributed by atoms with Gasteiger partial charge < -0.3 is 10.6 Å². The van der Waals surface area contributed by atoms with Crippen LogP contribution in [0, 0.1) is 11.7 Å². The summed E-state index contributed by atoms with van der Waals surface area (Å²) < 4.78 is 14.2. The molecule has 1 aromatic rings. The third kappa shape index (κ3) is 3.26. The number of hydrogen-bond acceptors (Lipinski definition) is 2. The summed E-state index contributed by atoms with van der Waals surface area (Å²) in [6, 6.07) is 4.62.